The number of fused-ring (bicyclic) bond motifs is 1. The largest absolute Gasteiger partial charge is 0.282 e. The van der Waals surface area contributed by atoms with E-state index in [0.29, 0.717) is 21.0 Å². The molecule has 4 rings (SSSR count). The Bertz CT molecular complexity index is 1170. The summed E-state index contributed by atoms with van der Waals surface area (Å²) >= 11 is 7.51. The van der Waals surface area contributed by atoms with Crippen LogP contribution in [0.2, 0.25) is 5.02 Å². The fraction of sp³-hybridized carbons (Fsp3) is 0.238. The van der Waals surface area contributed by atoms with E-state index >= 15 is 0 Å². The fourth-order valence-electron chi connectivity index (χ4n) is 3.31. The first-order chi connectivity index (χ1) is 14.0. The maximum absolute atomic E-state index is 13.6. The third-order valence-electron chi connectivity index (χ3n) is 4.88. The molecule has 148 valence electrons. The van der Waals surface area contributed by atoms with Gasteiger partial charge in [0.2, 0.25) is 0 Å². The molecule has 1 atom stereocenters. The summed E-state index contributed by atoms with van der Waals surface area (Å²) in [5.74, 6) is 0.514. The molecule has 1 aromatic heterocycles. The van der Waals surface area contributed by atoms with Crippen LogP contribution in [0.3, 0.4) is 0 Å². The van der Waals surface area contributed by atoms with Crippen molar-refractivity contribution in [3.05, 3.63) is 69.6 Å². The SMILES string of the molecule is CCC1CSC(=Nc2ccc(Cl)cc2)N1C(=O)c1nn(C)c(=O)c2ccccc12. The normalized spacial score (nSPS) is 18.0. The molecule has 1 fully saturated rings. The lowest BCUT2D eigenvalue weighted by Gasteiger charge is -2.23. The monoisotopic (exact) mass is 426 g/mol. The van der Waals surface area contributed by atoms with Gasteiger partial charge < -0.3 is 0 Å². The summed E-state index contributed by atoms with van der Waals surface area (Å²) in [5.41, 5.74) is 0.757. The van der Waals surface area contributed by atoms with Crippen LogP contribution in [0.15, 0.2) is 58.3 Å². The molecule has 1 aliphatic heterocycles. The third kappa shape index (κ3) is 3.68. The molecule has 1 aliphatic rings. The van der Waals surface area contributed by atoms with E-state index in [2.05, 4.69) is 10.1 Å². The van der Waals surface area contributed by atoms with Crippen LogP contribution in [-0.4, -0.2) is 37.5 Å². The van der Waals surface area contributed by atoms with Gasteiger partial charge in [-0.15, -0.1) is 0 Å². The van der Waals surface area contributed by atoms with E-state index in [0.717, 1.165) is 17.9 Å². The van der Waals surface area contributed by atoms with E-state index in [4.69, 9.17) is 11.6 Å². The molecule has 2 aromatic carbocycles. The van der Waals surface area contributed by atoms with Gasteiger partial charge in [0.25, 0.3) is 11.5 Å². The zero-order valence-corrected chi connectivity index (χ0v) is 17.6. The predicted octanol–water partition coefficient (Wildman–Crippen LogP) is 4.24. The number of carbonyl (C=O) groups excluding carboxylic acids is 1. The van der Waals surface area contributed by atoms with Gasteiger partial charge in [-0.1, -0.05) is 48.5 Å². The van der Waals surface area contributed by atoms with Gasteiger partial charge >= 0.3 is 0 Å². The maximum Gasteiger partial charge on any atom is 0.281 e. The van der Waals surface area contributed by atoms with Crippen LogP contribution in [0, 0.1) is 0 Å². The molecular weight excluding hydrogens is 408 g/mol. The number of thioether (sulfide) groups is 1. The second-order valence-corrected chi connectivity index (χ2v) is 8.17. The summed E-state index contributed by atoms with van der Waals surface area (Å²) in [5, 5.41) is 6.59. The first kappa shape index (κ1) is 19.7. The summed E-state index contributed by atoms with van der Waals surface area (Å²) in [6.45, 7) is 2.04. The smallest absolute Gasteiger partial charge is 0.281 e. The van der Waals surface area contributed by atoms with Crippen LogP contribution < -0.4 is 5.56 Å². The van der Waals surface area contributed by atoms with Crippen molar-refractivity contribution >= 4 is 50.9 Å². The van der Waals surface area contributed by atoms with Crippen molar-refractivity contribution in [2.45, 2.75) is 19.4 Å². The number of amidine groups is 1. The summed E-state index contributed by atoms with van der Waals surface area (Å²) in [6.07, 6.45) is 0.794. The lowest BCUT2D eigenvalue weighted by molar-refractivity contribution is 0.0813. The minimum Gasteiger partial charge on any atom is -0.282 e. The molecule has 1 unspecified atom stereocenters. The molecular formula is C21H19ClN4O2S. The van der Waals surface area contributed by atoms with Crippen molar-refractivity contribution < 1.29 is 4.79 Å². The molecule has 29 heavy (non-hydrogen) atoms. The van der Waals surface area contributed by atoms with E-state index in [1.54, 1.807) is 60.1 Å². The van der Waals surface area contributed by atoms with E-state index < -0.39 is 0 Å². The highest BCUT2D eigenvalue weighted by Crippen LogP contribution is 2.31. The van der Waals surface area contributed by atoms with Crippen molar-refractivity contribution in [2.75, 3.05) is 5.75 Å². The Labute approximate surface area is 177 Å². The van der Waals surface area contributed by atoms with Crippen molar-refractivity contribution in [1.29, 1.82) is 0 Å². The molecule has 0 spiro atoms. The lowest BCUT2D eigenvalue weighted by atomic mass is 10.1. The second-order valence-electron chi connectivity index (χ2n) is 6.74. The number of hydrogen-bond acceptors (Lipinski definition) is 5. The van der Waals surface area contributed by atoms with E-state index in [1.807, 2.05) is 19.1 Å². The molecule has 0 N–H and O–H groups in total. The molecule has 6 nitrogen and oxygen atoms in total. The number of halogens is 1. The van der Waals surface area contributed by atoms with E-state index in [9.17, 15) is 9.59 Å². The van der Waals surface area contributed by atoms with Gasteiger partial charge in [-0.3, -0.25) is 14.5 Å². The number of nitrogens with zero attached hydrogens (tertiary/aromatic N) is 4. The van der Waals surface area contributed by atoms with Crippen molar-refractivity contribution in [1.82, 2.24) is 14.7 Å². The molecule has 0 radical (unpaired) electrons. The van der Waals surface area contributed by atoms with Gasteiger partial charge in [-0.25, -0.2) is 9.67 Å². The molecule has 8 heteroatoms. The highest BCUT2D eigenvalue weighted by atomic mass is 35.5. The van der Waals surface area contributed by atoms with Crippen LogP contribution in [0.5, 0.6) is 0 Å². The van der Waals surface area contributed by atoms with Crippen LogP contribution in [0.1, 0.15) is 23.8 Å². The van der Waals surface area contributed by atoms with Crippen LogP contribution in [-0.2, 0) is 7.05 Å². The first-order valence-electron chi connectivity index (χ1n) is 9.26. The van der Waals surface area contributed by atoms with E-state index in [-0.39, 0.29) is 23.2 Å². The molecule has 1 amide bonds. The van der Waals surface area contributed by atoms with Crippen LogP contribution in [0.4, 0.5) is 5.69 Å². The molecule has 0 bridgehead atoms. The Morgan fingerprint density at radius 2 is 1.90 bits per heavy atom. The number of amides is 1. The minimum atomic E-state index is -0.249. The van der Waals surface area contributed by atoms with Gasteiger partial charge in [0.05, 0.1) is 11.1 Å². The van der Waals surface area contributed by atoms with Crippen LogP contribution in [0.25, 0.3) is 10.8 Å². The summed E-state index contributed by atoms with van der Waals surface area (Å²) in [6, 6.07) is 14.3. The zero-order chi connectivity index (χ0) is 20.5. The van der Waals surface area contributed by atoms with Gasteiger partial charge in [0, 0.05) is 29.3 Å². The zero-order valence-electron chi connectivity index (χ0n) is 16.0. The van der Waals surface area contributed by atoms with Crippen molar-refractivity contribution in [3.63, 3.8) is 0 Å². The number of aromatic nitrogens is 2. The van der Waals surface area contributed by atoms with Gasteiger partial charge in [0.1, 0.15) is 0 Å². The highest BCUT2D eigenvalue weighted by Gasteiger charge is 2.36. The Hall–Kier alpha value is -2.64. The molecule has 0 saturated carbocycles. The Balaban J connectivity index is 1.82. The fourth-order valence-corrected chi connectivity index (χ4v) is 4.70. The maximum atomic E-state index is 13.6. The van der Waals surface area contributed by atoms with Crippen molar-refractivity contribution in [2.24, 2.45) is 12.0 Å². The lowest BCUT2D eigenvalue weighted by Crippen LogP contribution is -2.40. The number of hydrogen-bond donors (Lipinski definition) is 0. The average molecular weight is 427 g/mol. The van der Waals surface area contributed by atoms with E-state index in [1.165, 1.54) is 4.68 Å². The number of rotatable bonds is 3. The minimum absolute atomic E-state index is 0.0105. The topological polar surface area (TPSA) is 67.6 Å². The third-order valence-corrected chi connectivity index (χ3v) is 6.23. The molecule has 3 aromatic rings. The number of carbonyl (C=O) groups is 1. The number of aryl methyl sites for hydroxylation is 1. The Kier molecular flexibility index (Phi) is 5.43. The average Bonchev–Trinajstić information content (AvgIpc) is 3.14. The van der Waals surface area contributed by atoms with Crippen molar-refractivity contribution in [3.8, 4) is 0 Å². The molecule has 0 aliphatic carbocycles. The van der Waals surface area contributed by atoms with Gasteiger partial charge in [-0.2, -0.15) is 5.10 Å². The Morgan fingerprint density at radius 3 is 2.59 bits per heavy atom. The Morgan fingerprint density at radius 1 is 1.21 bits per heavy atom. The standard InChI is InChI=1S/C21H19ClN4O2S/c1-3-15-12-29-21(23-14-10-8-13(22)9-11-14)26(15)20(28)18-16-6-4-5-7-17(16)19(27)25(2)24-18/h4-11,15H,3,12H2,1-2H3. The summed E-state index contributed by atoms with van der Waals surface area (Å²) < 4.78 is 1.22. The van der Waals surface area contributed by atoms with Gasteiger partial charge in [-0.05, 0) is 36.8 Å². The quantitative estimate of drug-likeness (QED) is 0.628. The second kappa shape index (κ2) is 8.00. The number of aliphatic imine (C=N–C) groups is 1. The summed E-state index contributed by atoms with van der Waals surface area (Å²) in [4.78, 5) is 32.4. The molecule has 1 saturated heterocycles. The van der Waals surface area contributed by atoms with Gasteiger partial charge in [0.15, 0.2) is 10.9 Å². The first-order valence-corrected chi connectivity index (χ1v) is 10.6. The summed E-state index contributed by atoms with van der Waals surface area (Å²) in [7, 11) is 1.56. The predicted molar refractivity (Wildman–Crippen MR) is 118 cm³/mol. The number of benzene rings is 2. The molecule has 2 heterocycles. The highest BCUT2D eigenvalue weighted by molar-refractivity contribution is 8.14. The van der Waals surface area contributed by atoms with Crippen LogP contribution >= 0.6 is 23.4 Å².